The van der Waals surface area contributed by atoms with Crippen LogP contribution in [0.3, 0.4) is 0 Å². The molecule has 0 saturated carbocycles. The van der Waals surface area contributed by atoms with E-state index < -0.39 is 27.1 Å². The van der Waals surface area contributed by atoms with Gasteiger partial charge in [0.1, 0.15) is 0 Å². The fraction of sp³-hybridized carbons (Fsp3) is 0.750. The average molecular weight is 598 g/mol. The van der Waals surface area contributed by atoms with Crippen LogP contribution >= 0.6 is 0 Å². The summed E-state index contributed by atoms with van der Waals surface area (Å²) in [6, 6.07) is 0. The van der Waals surface area contributed by atoms with Crippen LogP contribution in [0.4, 0.5) is 0 Å². The van der Waals surface area contributed by atoms with Crippen molar-refractivity contribution in [1.82, 2.24) is 0 Å². The summed E-state index contributed by atoms with van der Waals surface area (Å²) >= 11 is -0.417. The van der Waals surface area contributed by atoms with Gasteiger partial charge in [0.15, 0.2) is 0 Å². The van der Waals surface area contributed by atoms with Gasteiger partial charge in [-0.05, 0) is 0 Å². The van der Waals surface area contributed by atoms with Crippen LogP contribution in [0.25, 0.3) is 0 Å². The summed E-state index contributed by atoms with van der Waals surface area (Å²) in [6.07, 6.45) is 0. The predicted octanol–water partition coefficient (Wildman–Crippen LogP) is -1.82. The Kier molecular flexibility index (Phi) is 58.1. The SMILES string of the molecule is C[CH2][InH2].[O]=[Sn].[O]=[Sn][CH2]C(=O)O.[SbH2]. The molecule has 8 heteroatoms. The Bertz CT molecular complexity index is 105. The first-order valence-electron chi connectivity index (χ1n) is 2.96. The van der Waals surface area contributed by atoms with E-state index in [4.69, 9.17) is 8.18 Å². The van der Waals surface area contributed by atoms with Crippen LogP contribution in [-0.4, -0.2) is 104 Å². The number of carbonyl (C=O) groups is 1. The number of hydrogen-bond acceptors (Lipinski definition) is 3. The molecule has 0 heterocycles. The standard InChI is InChI=1S/C2H3O2.C2H5.In.2O.Sb.2Sn.4H/c1-2(3)4;1-2;;;;;;;;;;/h1H2,(H,3,4);1H2,2H3;;;;;;;;;;. The maximum absolute atomic E-state index is 9.53. The fourth-order valence-corrected chi connectivity index (χ4v) is 0.414. The van der Waals surface area contributed by atoms with E-state index in [2.05, 4.69) is 6.92 Å². The van der Waals surface area contributed by atoms with Crippen LogP contribution in [-0.2, 0) is 10.9 Å². The Morgan fingerprint density at radius 2 is 1.83 bits per heavy atom. The monoisotopic (exact) mass is 600 g/mol. The molecule has 0 aliphatic carbocycles. The van der Waals surface area contributed by atoms with Crippen LogP contribution in [0.2, 0.25) is 8.61 Å². The third kappa shape index (κ3) is 55.5. The summed E-state index contributed by atoms with van der Waals surface area (Å²) in [5.41, 5.74) is 0. The molecule has 4 nitrogen and oxygen atoms in total. The van der Waals surface area contributed by atoms with Gasteiger partial charge in [0.05, 0.1) is 0 Å². The molecule has 0 unspecified atom stereocenters. The molecule has 0 atom stereocenters. The van der Waals surface area contributed by atoms with Gasteiger partial charge in [0.2, 0.25) is 0 Å². The van der Waals surface area contributed by atoms with Gasteiger partial charge in [-0.3, -0.25) is 0 Å². The molecule has 68 valence electrons. The number of carboxylic acid groups (broad SMARTS) is 1. The van der Waals surface area contributed by atoms with Gasteiger partial charge in [0, 0.05) is 0 Å². The Balaban J connectivity index is -0.0000000462. The molecule has 1 N–H and O–H groups in total. The number of hydrogen-bond donors (Lipinski definition) is 1. The van der Waals surface area contributed by atoms with E-state index in [1.165, 1.54) is 4.18 Å². The van der Waals surface area contributed by atoms with Crippen LogP contribution < -0.4 is 0 Å². The van der Waals surface area contributed by atoms with E-state index in [0.717, 1.165) is 24.4 Å². The van der Waals surface area contributed by atoms with Gasteiger partial charge in [-0.15, -0.1) is 0 Å². The summed E-state index contributed by atoms with van der Waals surface area (Å²) in [6.45, 7) is 2.22. The van der Waals surface area contributed by atoms with Gasteiger partial charge in [-0.2, -0.15) is 0 Å². The van der Waals surface area contributed by atoms with Crippen molar-refractivity contribution < 1.29 is 16.1 Å². The molecule has 0 aromatic carbocycles. The minimum atomic E-state index is -1.70. The molecule has 0 fully saturated rings. The fourth-order valence-electron chi connectivity index (χ4n) is 0.0617. The van der Waals surface area contributed by atoms with Gasteiger partial charge >= 0.3 is 130 Å². The molecular weight excluding hydrogens is 586 g/mol. The number of aliphatic carboxylic acids is 1. The van der Waals surface area contributed by atoms with E-state index in [9.17, 15) is 7.87 Å². The van der Waals surface area contributed by atoms with E-state index >= 15 is 0 Å². The molecule has 0 rings (SSSR count). The van der Waals surface area contributed by atoms with Gasteiger partial charge in [-0.1, -0.05) is 0 Å². The first-order chi connectivity index (χ1) is 5.18. The third-order valence-electron chi connectivity index (χ3n) is 0.223. The zero-order valence-corrected chi connectivity index (χ0v) is 21.9. The normalized spacial score (nSPS) is 5.42. The van der Waals surface area contributed by atoms with E-state index in [-0.39, 0.29) is 28.9 Å². The first kappa shape index (κ1) is 23.9. The molecule has 0 aliphatic rings. The van der Waals surface area contributed by atoms with Crippen molar-refractivity contribution >= 4 is 98.4 Å². The second-order valence-corrected chi connectivity index (χ2v) is 7.29. The van der Waals surface area contributed by atoms with Crippen molar-refractivity contribution in [1.29, 1.82) is 0 Å². The minimum absolute atomic E-state index is 0. The van der Waals surface area contributed by atoms with E-state index in [0.29, 0.717) is 22.5 Å². The number of carboxylic acids is 1. The van der Waals surface area contributed by atoms with Crippen LogP contribution in [0.5, 0.6) is 0 Å². The second-order valence-electron chi connectivity index (χ2n) is 1.42. The Labute approximate surface area is 128 Å². The summed E-state index contributed by atoms with van der Waals surface area (Å²) in [5.74, 6) is -0.948. The molecule has 0 aliphatic heterocycles. The Morgan fingerprint density at radius 3 is 1.83 bits per heavy atom. The van der Waals surface area contributed by atoms with Crippen LogP contribution in [0, 0.1) is 0 Å². The molecule has 0 bridgehead atoms. The summed E-state index contributed by atoms with van der Waals surface area (Å²) in [5, 5.41) is 7.76. The van der Waals surface area contributed by atoms with Crippen molar-refractivity contribution in [2.45, 2.75) is 15.5 Å². The second kappa shape index (κ2) is 29.2. The van der Waals surface area contributed by atoms with Gasteiger partial charge < -0.3 is 0 Å². The molecule has 0 aromatic heterocycles. The molecule has 0 spiro atoms. The predicted molar refractivity (Wildman–Crippen MR) is 52.9 cm³/mol. The summed E-state index contributed by atoms with van der Waals surface area (Å²) in [7, 11) is 0. The molecule has 0 saturated heterocycles. The topological polar surface area (TPSA) is 71.4 Å². The molecular formula is C4H12InO4SbSn2. The van der Waals surface area contributed by atoms with Crippen LogP contribution in [0.1, 0.15) is 6.92 Å². The van der Waals surface area contributed by atoms with E-state index in [1.54, 1.807) is 0 Å². The third-order valence-corrected chi connectivity index (χ3v) is 1.50. The van der Waals surface area contributed by atoms with Gasteiger partial charge in [0.25, 0.3) is 0 Å². The molecule has 12 heavy (non-hydrogen) atoms. The maximum atomic E-state index is 9.53. The van der Waals surface area contributed by atoms with Crippen molar-refractivity contribution in [2.24, 2.45) is 0 Å². The first-order valence-corrected chi connectivity index (χ1v) is 11.3. The Hall–Kier alpha value is 2.36. The van der Waals surface area contributed by atoms with Crippen molar-refractivity contribution in [3.8, 4) is 0 Å². The van der Waals surface area contributed by atoms with Crippen molar-refractivity contribution in [2.75, 3.05) is 0 Å². The van der Waals surface area contributed by atoms with Crippen LogP contribution in [0.15, 0.2) is 0 Å². The Morgan fingerprint density at radius 1 is 1.58 bits per heavy atom. The summed E-state index contributed by atoms with van der Waals surface area (Å²) < 4.78 is 19.2. The van der Waals surface area contributed by atoms with Gasteiger partial charge in [-0.25, -0.2) is 0 Å². The molecule has 0 amide bonds. The molecule has 4 radical (unpaired) electrons. The molecule has 0 aromatic rings. The summed E-state index contributed by atoms with van der Waals surface area (Å²) in [4.78, 5) is 9.44. The van der Waals surface area contributed by atoms with E-state index in [1.807, 2.05) is 0 Å². The zero-order chi connectivity index (χ0) is 9.70. The quantitative estimate of drug-likeness (QED) is 0.381. The van der Waals surface area contributed by atoms with Crippen molar-refractivity contribution in [3.63, 3.8) is 0 Å². The zero-order valence-electron chi connectivity index (χ0n) is 7.16. The van der Waals surface area contributed by atoms with Crippen molar-refractivity contribution in [3.05, 3.63) is 0 Å². The average Bonchev–Trinajstić information content (AvgIpc) is 1.93. The number of rotatable bonds is 2.